The number of esters is 1. The highest BCUT2D eigenvalue weighted by Crippen LogP contribution is 2.35. The first-order valence-electron chi connectivity index (χ1n) is 14.4. The molecule has 0 saturated heterocycles. The van der Waals surface area contributed by atoms with Crippen molar-refractivity contribution in [1.82, 2.24) is 13.9 Å². The molecule has 10 heteroatoms. The first-order chi connectivity index (χ1) is 21.2. The third-order valence-electron chi connectivity index (χ3n) is 7.48. The highest BCUT2D eigenvalue weighted by Gasteiger charge is 2.29. The van der Waals surface area contributed by atoms with Gasteiger partial charge in [-0.3, -0.25) is 4.79 Å². The van der Waals surface area contributed by atoms with Crippen molar-refractivity contribution >= 4 is 27.0 Å². The Kier molecular flexibility index (Phi) is 9.39. The lowest BCUT2D eigenvalue weighted by Gasteiger charge is -2.20. The Bertz CT molecular complexity index is 1890. The fourth-order valence-electron chi connectivity index (χ4n) is 5.22. The number of pyridine rings is 2. The van der Waals surface area contributed by atoms with Crippen LogP contribution in [0.1, 0.15) is 53.8 Å². The molecule has 0 fully saturated rings. The molecule has 5 aromatic rings. The average Bonchev–Trinajstić information content (AvgIpc) is 3.45. The molecule has 0 N–H and O–H groups in total. The van der Waals surface area contributed by atoms with Crippen molar-refractivity contribution in [3.05, 3.63) is 119 Å². The fraction of sp³-hybridized carbons (Fsp3) is 0.265. The van der Waals surface area contributed by atoms with E-state index in [9.17, 15) is 17.6 Å². The SMILES string of the molecule is CCOC(=O)CC(c1ccc(OC)c(F)c1)c1cc(CCCc2ccc3cccnc3n2)cn1S(=O)(=O)c1ccc(C)cc1. The maximum absolute atomic E-state index is 14.9. The van der Waals surface area contributed by atoms with E-state index in [0.29, 0.717) is 36.2 Å². The second-order valence-electron chi connectivity index (χ2n) is 10.5. The van der Waals surface area contributed by atoms with Crippen molar-refractivity contribution < 1.29 is 27.1 Å². The normalized spacial score (nSPS) is 12.3. The number of hydrogen-bond acceptors (Lipinski definition) is 7. The highest BCUT2D eigenvalue weighted by molar-refractivity contribution is 7.90. The number of hydrogen-bond donors (Lipinski definition) is 0. The molecule has 0 aliphatic heterocycles. The van der Waals surface area contributed by atoms with Crippen molar-refractivity contribution in [3.63, 3.8) is 0 Å². The quantitative estimate of drug-likeness (QED) is 0.150. The monoisotopic (exact) mass is 615 g/mol. The number of nitrogens with zero attached hydrogens (tertiary/aromatic N) is 3. The van der Waals surface area contributed by atoms with Crippen LogP contribution in [-0.4, -0.2) is 42.0 Å². The number of fused-ring (bicyclic) bond motifs is 1. The number of halogens is 1. The smallest absolute Gasteiger partial charge is 0.306 e. The second kappa shape index (κ2) is 13.4. The summed E-state index contributed by atoms with van der Waals surface area (Å²) in [6.45, 7) is 3.74. The minimum absolute atomic E-state index is 0.0458. The molecule has 0 amide bonds. The van der Waals surface area contributed by atoms with E-state index in [2.05, 4.69) is 9.97 Å². The first-order valence-corrected chi connectivity index (χ1v) is 15.9. The maximum atomic E-state index is 14.9. The van der Waals surface area contributed by atoms with Gasteiger partial charge < -0.3 is 9.47 Å². The summed E-state index contributed by atoms with van der Waals surface area (Å²) in [5.41, 5.74) is 4.01. The van der Waals surface area contributed by atoms with Gasteiger partial charge in [-0.15, -0.1) is 0 Å². The Morgan fingerprint density at radius 2 is 1.82 bits per heavy atom. The van der Waals surface area contributed by atoms with E-state index in [1.165, 1.54) is 23.2 Å². The Labute approximate surface area is 256 Å². The van der Waals surface area contributed by atoms with Crippen molar-refractivity contribution in [1.29, 1.82) is 0 Å². The Balaban J connectivity index is 1.53. The number of rotatable bonds is 12. The van der Waals surface area contributed by atoms with E-state index < -0.39 is 27.7 Å². The molecule has 44 heavy (non-hydrogen) atoms. The molecular formula is C34H34FN3O5S. The number of benzene rings is 2. The molecule has 5 rings (SSSR count). The molecule has 0 radical (unpaired) electrons. The van der Waals surface area contributed by atoms with Crippen LogP contribution in [0.3, 0.4) is 0 Å². The van der Waals surface area contributed by atoms with E-state index in [-0.39, 0.29) is 23.7 Å². The molecule has 1 atom stereocenters. The van der Waals surface area contributed by atoms with Gasteiger partial charge in [-0.2, -0.15) is 0 Å². The fourth-order valence-corrected chi connectivity index (χ4v) is 6.66. The average molecular weight is 616 g/mol. The molecule has 1 unspecified atom stereocenters. The van der Waals surface area contributed by atoms with Gasteiger partial charge in [-0.1, -0.05) is 23.8 Å². The standard InChI is InChI=1S/C34H34FN3O5S/c1-4-43-33(39)21-29(26-13-17-32(42-3)30(35)20-26)31-19-24(22-38(31)44(40,41)28-15-10-23(2)11-16-28)7-5-9-27-14-12-25-8-6-18-36-34(25)37-27/h6,8,10-20,22,29H,4-5,7,9,21H2,1-3H3. The van der Waals surface area contributed by atoms with Gasteiger partial charge >= 0.3 is 5.97 Å². The van der Waals surface area contributed by atoms with Crippen molar-refractivity contribution in [3.8, 4) is 5.75 Å². The van der Waals surface area contributed by atoms with Gasteiger partial charge in [0.05, 0.1) is 25.0 Å². The van der Waals surface area contributed by atoms with Gasteiger partial charge in [0.1, 0.15) is 0 Å². The summed E-state index contributed by atoms with van der Waals surface area (Å²) in [6.07, 6.45) is 5.03. The Morgan fingerprint density at radius 1 is 1.02 bits per heavy atom. The number of aryl methyl sites for hydroxylation is 3. The second-order valence-corrected chi connectivity index (χ2v) is 12.4. The minimum atomic E-state index is -4.07. The number of ether oxygens (including phenoxy) is 2. The van der Waals surface area contributed by atoms with Gasteiger partial charge in [0.25, 0.3) is 10.0 Å². The van der Waals surface area contributed by atoms with Crippen molar-refractivity contribution in [2.24, 2.45) is 0 Å². The predicted octanol–water partition coefficient (Wildman–Crippen LogP) is 6.38. The maximum Gasteiger partial charge on any atom is 0.306 e. The van der Waals surface area contributed by atoms with Gasteiger partial charge in [0.2, 0.25) is 0 Å². The van der Waals surface area contributed by atoms with Crippen LogP contribution in [-0.2, 0) is 32.4 Å². The summed E-state index contributed by atoms with van der Waals surface area (Å²) in [7, 11) is -2.70. The van der Waals surface area contributed by atoms with Crippen LogP contribution in [0, 0.1) is 12.7 Å². The Hall–Kier alpha value is -4.57. The zero-order valence-electron chi connectivity index (χ0n) is 24.9. The zero-order chi connectivity index (χ0) is 31.3. The zero-order valence-corrected chi connectivity index (χ0v) is 25.7. The molecular weight excluding hydrogens is 581 g/mol. The summed E-state index contributed by atoms with van der Waals surface area (Å²) in [4.78, 5) is 21.9. The summed E-state index contributed by atoms with van der Waals surface area (Å²) in [6, 6.07) is 20.5. The number of aromatic nitrogens is 3. The first kappa shape index (κ1) is 30.9. The lowest BCUT2D eigenvalue weighted by molar-refractivity contribution is -0.143. The Morgan fingerprint density at radius 3 is 2.55 bits per heavy atom. The summed E-state index contributed by atoms with van der Waals surface area (Å²) in [5.74, 6) is -1.90. The number of carbonyl (C=O) groups is 1. The van der Waals surface area contributed by atoms with Crippen LogP contribution >= 0.6 is 0 Å². The lowest BCUT2D eigenvalue weighted by atomic mass is 9.92. The van der Waals surface area contributed by atoms with E-state index in [1.807, 2.05) is 31.2 Å². The topological polar surface area (TPSA) is 100 Å². The summed E-state index contributed by atoms with van der Waals surface area (Å²) in [5, 5.41) is 0.960. The van der Waals surface area contributed by atoms with E-state index in [0.717, 1.165) is 22.2 Å². The van der Waals surface area contributed by atoms with Crippen LogP contribution in [0.4, 0.5) is 4.39 Å². The van der Waals surface area contributed by atoms with Gasteiger partial charge in [-0.25, -0.2) is 26.7 Å². The lowest BCUT2D eigenvalue weighted by Crippen LogP contribution is -2.20. The van der Waals surface area contributed by atoms with Crippen molar-refractivity contribution in [2.75, 3.05) is 13.7 Å². The van der Waals surface area contributed by atoms with E-state index in [4.69, 9.17) is 9.47 Å². The number of carbonyl (C=O) groups excluding carboxylic acids is 1. The van der Waals surface area contributed by atoms with Crippen LogP contribution in [0.15, 0.2) is 90.1 Å². The molecule has 0 saturated carbocycles. The van der Waals surface area contributed by atoms with E-state index in [1.54, 1.807) is 55.7 Å². The van der Waals surface area contributed by atoms with Crippen LogP contribution in [0.5, 0.6) is 5.75 Å². The predicted molar refractivity (Wildman–Crippen MR) is 166 cm³/mol. The molecule has 3 heterocycles. The third-order valence-corrected chi connectivity index (χ3v) is 9.18. The molecule has 0 aliphatic carbocycles. The van der Waals surface area contributed by atoms with Crippen LogP contribution < -0.4 is 4.74 Å². The minimum Gasteiger partial charge on any atom is -0.494 e. The third kappa shape index (κ3) is 6.81. The molecule has 2 aromatic carbocycles. The molecule has 8 nitrogen and oxygen atoms in total. The molecule has 0 aliphatic rings. The number of methoxy groups -OCH3 is 1. The highest BCUT2D eigenvalue weighted by atomic mass is 32.2. The molecule has 0 bridgehead atoms. The molecule has 3 aromatic heterocycles. The van der Waals surface area contributed by atoms with Gasteiger partial charge in [-0.05, 0) is 98.8 Å². The van der Waals surface area contributed by atoms with Crippen LogP contribution in [0.2, 0.25) is 0 Å². The largest absolute Gasteiger partial charge is 0.494 e. The van der Waals surface area contributed by atoms with Gasteiger partial charge in [0.15, 0.2) is 17.2 Å². The summed E-state index contributed by atoms with van der Waals surface area (Å²) >= 11 is 0. The molecule has 0 spiro atoms. The van der Waals surface area contributed by atoms with Crippen LogP contribution in [0.25, 0.3) is 11.0 Å². The molecule has 228 valence electrons. The van der Waals surface area contributed by atoms with E-state index >= 15 is 0 Å². The summed E-state index contributed by atoms with van der Waals surface area (Å²) < 4.78 is 54.5. The van der Waals surface area contributed by atoms with Gasteiger partial charge in [0, 0.05) is 35.1 Å². The van der Waals surface area contributed by atoms with Crippen molar-refractivity contribution in [2.45, 2.75) is 50.3 Å².